The fourth-order valence-corrected chi connectivity index (χ4v) is 2.61. The van der Waals surface area contributed by atoms with E-state index < -0.39 is 22.7 Å². The quantitative estimate of drug-likeness (QED) is 0.464. The number of nitrogens with zero attached hydrogens (tertiary/aromatic N) is 3. The molecule has 0 saturated carbocycles. The standard InChI is InChI=1S/C18H22N4O6/c1-3-28-15-6-4-13(5-7-15)8-14(18(24)25)9-19-17(23)11-21-10-16(22(26)27)20-12(21)2/h4-7,10,14H,3,8-9,11H2,1-2H3,(H,19,23)(H,24,25). The first-order valence-corrected chi connectivity index (χ1v) is 8.69. The van der Waals surface area contributed by atoms with E-state index in [0.29, 0.717) is 18.2 Å². The van der Waals surface area contributed by atoms with Gasteiger partial charge in [-0.25, -0.2) is 0 Å². The topological polar surface area (TPSA) is 137 Å². The summed E-state index contributed by atoms with van der Waals surface area (Å²) in [5.41, 5.74) is 0.811. The molecule has 0 aliphatic heterocycles. The van der Waals surface area contributed by atoms with E-state index in [1.165, 1.54) is 10.8 Å². The molecule has 1 aromatic heterocycles. The number of aryl methyl sites for hydroxylation is 1. The second-order valence-corrected chi connectivity index (χ2v) is 6.15. The van der Waals surface area contributed by atoms with Crippen molar-refractivity contribution in [2.75, 3.05) is 13.2 Å². The minimum Gasteiger partial charge on any atom is -0.494 e. The van der Waals surface area contributed by atoms with Crippen molar-refractivity contribution in [3.05, 3.63) is 52.0 Å². The van der Waals surface area contributed by atoms with Gasteiger partial charge in [0.25, 0.3) is 0 Å². The lowest BCUT2D eigenvalue weighted by Crippen LogP contribution is -2.36. The SMILES string of the molecule is CCOc1ccc(CC(CNC(=O)Cn2cc([N+](=O)[O-])nc2C)C(=O)O)cc1. The van der Waals surface area contributed by atoms with Crippen molar-refractivity contribution < 1.29 is 24.4 Å². The number of carboxylic acid groups (broad SMARTS) is 1. The molecule has 0 radical (unpaired) electrons. The van der Waals surface area contributed by atoms with Gasteiger partial charge >= 0.3 is 11.8 Å². The van der Waals surface area contributed by atoms with Gasteiger partial charge in [-0.2, -0.15) is 0 Å². The maximum Gasteiger partial charge on any atom is 0.381 e. The van der Waals surface area contributed by atoms with Gasteiger partial charge in [-0.1, -0.05) is 12.1 Å². The van der Waals surface area contributed by atoms with Gasteiger partial charge < -0.3 is 25.3 Å². The molecule has 10 heteroatoms. The molecule has 0 aliphatic rings. The molecule has 0 saturated heterocycles. The van der Waals surface area contributed by atoms with Gasteiger partial charge in [-0.3, -0.25) is 14.2 Å². The number of aromatic nitrogens is 2. The lowest BCUT2D eigenvalue weighted by Gasteiger charge is -2.14. The number of hydrogen-bond donors (Lipinski definition) is 2. The number of rotatable bonds is 10. The van der Waals surface area contributed by atoms with Gasteiger partial charge in [-0.15, -0.1) is 0 Å². The monoisotopic (exact) mass is 390 g/mol. The van der Waals surface area contributed by atoms with Crippen LogP contribution in [0.1, 0.15) is 18.3 Å². The minimum absolute atomic E-state index is 0.0583. The average molecular weight is 390 g/mol. The Balaban J connectivity index is 1.92. The molecular weight excluding hydrogens is 368 g/mol. The summed E-state index contributed by atoms with van der Waals surface area (Å²) in [6.07, 6.45) is 1.42. The summed E-state index contributed by atoms with van der Waals surface area (Å²) < 4.78 is 6.70. The maximum absolute atomic E-state index is 12.1. The van der Waals surface area contributed by atoms with Crippen LogP contribution in [-0.4, -0.2) is 44.6 Å². The van der Waals surface area contributed by atoms with Crippen molar-refractivity contribution >= 4 is 17.7 Å². The van der Waals surface area contributed by atoms with Crippen molar-refractivity contribution in [2.24, 2.45) is 5.92 Å². The van der Waals surface area contributed by atoms with Gasteiger partial charge in [0, 0.05) is 13.5 Å². The molecule has 2 N–H and O–H groups in total. The van der Waals surface area contributed by atoms with Crippen LogP contribution in [-0.2, 0) is 22.6 Å². The van der Waals surface area contributed by atoms with Gasteiger partial charge in [0.2, 0.25) is 11.7 Å². The van der Waals surface area contributed by atoms with Gasteiger partial charge in [-0.05, 0) is 40.9 Å². The summed E-state index contributed by atoms with van der Waals surface area (Å²) in [5, 5.41) is 22.7. The predicted octanol–water partition coefficient (Wildman–Crippen LogP) is 1.56. The second kappa shape index (κ2) is 9.49. The van der Waals surface area contributed by atoms with Crippen LogP contribution in [0.25, 0.3) is 0 Å². The molecule has 2 aromatic rings. The van der Waals surface area contributed by atoms with Crippen molar-refractivity contribution in [3.63, 3.8) is 0 Å². The molecule has 10 nitrogen and oxygen atoms in total. The first-order chi connectivity index (χ1) is 13.3. The Morgan fingerprint density at radius 2 is 2.04 bits per heavy atom. The molecule has 1 unspecified atom stereocenters. The smallest absolute Gasteiger partial charge is 0.381 e. The van der Waals surface area contributed by atoms with E-state index in [2.05, 4.69) is 10.3 Å². The molecular formula is C18H22N4O6. The molecule has 0 fully saturated rings. The highest BCUT2D eigenvalue weighted by atomic mass is 16.6. The minimum atomic E-state index is -1.02. The Hall–Kier alpha value is -3.43. The number of ether oxygens (including phenoxy) is 1. The van der Waals surface area contributed by atoms with E-state index in [1.54, 1.807) is 31.2 Å². The van der Waals surface area contributed by atoms with Crippen molar-refractivity contribution in [1.29, 1.82) is 0 Å². The van der Waals surface area contributed by atoms with Gasteiger partial charge in [0.05, 0.1) is 12.5 Å². The zero-order valence-corrected chi connectivity index (χ0v) is 15.6. The van der Waals surface area contributed by atoms with Crippen LogP contribution < -0.4 is 10.1 Å². The third-order valence-electron chi connectivity index (χ3n) is 4.08. The highest BCUT2D eigenvalue weighted by Gasteiger charge is 2.21. The van der Waals surface area contributed by atoms with Gasteiger partial charge in [0.1, 0.15) is 18.5 Å². The van der Waals surface area contributed by atoms with E-state index >= 15 is 0 Å². The normalized spacial score (nSPS) is 11.6. The number of carbonyl (C=O) groups excluding carboxylic acids is 1. The molecule has 0 bridgehead atoms. The third kappa shape index (κ3) is 5.79. The van der Waals surface area contributed by atoms with Crippen LogP contribution in [0.15, 0.2) is 30.5 Å². The fourth-order valence-electron chi connectivity index (χ4n) is 2.61. The molecule has 1 amide bonds. The molecule has 150 valence electrons. The van der Waals surface area contributed by atoms with Gasteiger partial charge in [0.15, 0.2) is 0 Å². The van der Waals surface area contributed by atoms with Crippen molar-refractivity contribution in [1.82, 2.24) is 14.9 Å². The molecule has 0 aliphatic carbocycles. The number of imidazole rings is 1. The predicted molar refractivity (Wildman–Crippen MR) is 99.1 cm³/mol. The maximum atomic E-state index is 12.1. The van der Waals surface area contributed by atoms with Crippen LogP contribution in [0.3, 0.4) is 0 Å². The lowest BCUT2D eigenvalue weighted by atomic mass is 9.99. The largest absolute Gasteiger partial charge is 0.494 e. The van der Waals surface area contributed by atoms with Crippen molar-refractivity contribution in [3.8, 4) is 5.75 Å². The van der Waals surface area contributed by atoms with E-state index in [9.17, 15) is 24.8 Å². The Morgan fingerprint density at radius 1 is 1.36 bits per heavy atom. The van der Waals surface area contributed by atoms with Crippen molar-refractivity contribution in [2.45, 2.75) is 26.8 Å². The zero-order valence-electron chi connectivity index (χ0n) is 15.6. The van der Waals surface area contributed by atoms with Crippen LogP contribution in [0.5, 0.6) is 5.75 Å². The number of carbonyl (C=O) groups is 2. The van der Waals surface area contributed by atoms with Crippen LogP contribution in [0.4, 0.5) is 5.82 Å². The van der Waals surface area contributed by atoms with E-state index in [4.69, 9.17) is 4.74 Å². The molecule has 28 heavy (non-hydrogen) atoms. The summed E-state index contributed by atoms with van der Waals surface area (Å²) in [6.45, 7) is 3.73. The summed E-state index contributed by atoms with van der Waals surface area (Å²) in [4.78, 5) is 37.4. The highest BCUT2D eigenvalue weighted by Crippen LogP contribution is 2.15. The van der Waals surface area contributed by atoms with Crippen LogP contribution >= 0.6 is 0 Å². The number of amides is 1. The second-order valence-electron chi connectivity index (χ2n) is 6.15. The Bertz CT molecular complexity index is 846. The van der Waals surface area contributed by atoms with Crippen LogP contribution in [0.2, 0.25) is 0 Å². The number of nitrogens with one attached hydrogen (secondary N) is 1. The summed E-state index contributed by atoms with van der Waals surface area (Å²) in [5.74, 6) is -1.59. The number of hydrogen-bond acceptors (Lipinski definition) is 6. The molecule has 2 rings (SSSR count). The number of aliphatic carboxylic acids is 1. The fraction of sp³-hybridized carbons (Fsp3) is 0.389. The average Bonchev–Trinajstić information content (AvgIpc) is 3.01. The first-order valence-electron chi connectivity index (χ1n) is 8.69. The molecule has 1 atom stereocenters. The van der Waals surface area contributed by atoms with Crippen LogP contribution in [0, 0.1) is 23.0 Å². The molecule has 0 spiro atoms. The highest BCUT2D eigenvalue weighted by molar-refractivity contribution is 5.77. The lowest BCUT2D eigenvalue weighted by molar-refractivity contribution is -0.389. The molecule has 1 aromatic carbocycles. The van der Waals surface area contributed by atoms with E-state index in [0.717, 1.165) is 5.56 Å². The summed E-state index contributed by atoms with van der Waals surface area (Å²) in [7, 11) is 0. The Kier molecular flexibility index (Phi) is 7.08. The Morgan fingerprint density at radius 3 is 2.57 bits per heavy atom. The first kappa shape index (κ1) is 20.9. The Labute approximate surface area is 161 Å². The summed E-state index contributed by atoms with van der Waals surface area (Å²) >= 11 is 0. The van der Waals surface area contributed by atoms with E-state index in [-0.39, 0.29) is 25.3 Å². The number of carboxylic acids is 1. The summed E-state index contributed by atoms with van der Waals surface area (Å²) in [6, 6.07) is 7.11. The zero-order chi connectivity index (χ0) is 20.7. The number of benzene rings is 1. The van der Waals surface area contributed by atoms with E-state index in [1.807, 2.05) is 6.92 Å². The number of nitro groups is 1. The third-order valence-corrected chi connectivity index (χ3v) is 4.08. The molecule has 1 heterocycles.